The Bertz CT molecular complexity index is 1120. The standard InChI is InChI=1S/C23H29N3O4S/c1-15-16(2)31-21-20(15)22(27)26(14-24-21)13-23(28)8-10-25(11-9-23)12-17-18(29-3)6-5-7-19(17)30-4/h5-7,14,28H,8-13H2,1-4H3. The van der Waals surface area contributed by atoms with Crippen LogP contribution in [0.25, 0.3) is 10.2 Å². The summed E-state index contributed by atoms with van der Waals surface area (Å²) in [5.74, 6) is 1.60. The number of aliphatic hydroxyl groups is 1. The average Bonchev–Trinajstić information content (AvgIpc) is 3.06. The minimum absolute atomic E-state index is 0.0681. The Morgan fingerprint density at radius 3 is 2.42 bits per heavy atom. The smallest absolute Gasteiger partial charge is 0.262 e. The van der Waals surface area contributed by atoms with Crippen LogP contribution < -0.4 is 15.0 Å². The molecule has 7 nitrogen and oxygen atoms in total. The minimum atomic E-state index is -0.931. The van der Waals surface area contributed by atoms with Crippen LogP contribution in [0.4, 0.5) is 0 Å². The van der Waals surface area contributed by atoms with E-state index in [1.165, 1.54) is 11.3 Å². The van der Waals surface area contributed by atoms with E-state index in [1.807, 2.05) is 32.0 Å². The molecule has 1 aliphatic heterocycles. The number of aryl methyl sites for hydroxylation is 2. The highest BCUT2D eigenvalue weighted by Crippen LogP contribution is 2.32. The third-order valence-corrected chi connectivity index (χ3v) is 7.43. The van der Waals surface area contributed by atoms with Crippen LogP contribution in [0, 0.1) is 13.8 Å². The third kappa shape index (κ3) is 4.20. The van der Waals surface area contributed by atoms with E-state index in [1.54, 1.807) is 25.1 Å². The molecule has 3 heterocycles. The zero-order valence-electron chi connectivity index (χ0n) is 18.5. The van der Waals surface area contributed by atoms with E-state index >= 15 is 0 Å². The quantitative estimate of drug-likeness (QED) is 0.631. The first-order valence-corrected chi connectivity index (χ1v) is 11.3. The van der Waals surface area contributed by atoms with Crippen LogP contribution in [0.2, 0.25) is 0 Å². The Kier molecular flexibility index (Phi) is 6.05. The second-order valence-corrected chi connectivity index (χ2v) is 9.49. The molecule has 2 aromatic heterocycles. The van der Waals surface area contributed by atoms with Crippen molar-refractivity contribution in [1.29, 1.82) is 0 Å². The van der Waals surface area contributed by atoms with E-state index in [0.29, 0.717) is 24.8 Å². The highest BCUT2D eigenvalue weighted by molar-refractivity contribution is 7.18. The number of aromatic nitrogens is 2. The summed E-state index contributed by atoms with van der Waals surface area (Å²) < 4.78 is 12.6. The zero-order chi connectivity index (χ0) is 22.2. The molecule has 8 heteroatoms. The molecule has 1 aliphatic rings. The van der Waals surface area contributed by atoms with Gasteiger partial charge in [-0.1, -0.05) is 6.07 Å². The summed E-state index contributed by atoms with van der Waals surface area (Å²) in [6.07, 6.45) is 2.73. The van der Waals surface area contributed by atoms with Crippen LogP contribution in [-0.2, 0) is 13.1 Å². The van der Waals surface area contributed by atoms with Gasteiger partial charge in [0.2, 0.25) is 0 Å². The molecule has 0 bridgehead atoms. The van der Waals surface area contributed by atoms with Crippen molar-refractivity contribution in [2.24, 2.45) is 0 Å². The number of ether oxygens (including phenoxy) is 2. The molecule has 166 valence electrons. The van der Waals surface area contributed by atoms with Gasteiger partial charge in [0.25, 0.3) is 5.56 Å². The molecule has 0 amide bonds. The number of likely N-dealkylation sites (tertiary alicyclic amines) is 1. The first kappa shape index (κ1) is 21.8. The number of piperidine rings is 1. The molecule has 31 heavy (non-hydrogen) atoms. The second-order valence-electron chi connectivity index (χ2n) is 8.28. The molecule has 0 aliphatic carbocycles. The van der Waals surface area contributed by atoms with Gasteiger partial charge >= 0.3 is 0 Å². The van der Waals surface area contributed by atoms with E-state index in [9.17, 15) is 9.90 Å². The first-order chi connectivity index (χ1) is 14.8. The monoisotopic (exact) mass is 443 g/mol. The fourth-order valence-corrected chi connectivity index (χ4v) is 5.28. The van der Waals surface area contributed by atoms with Crippen LogP contribution in [0.1, 0.15) is 28.8 Å². The maximum absolute atomic E-state index is 13.0. The number of nitrogens with zero attached hydrogens (tertiary/aromatic N) is 3. The Morgan fingerprint density at radius 2 is 1.81 bits per heavy atom. The van der Waals surface area contributed by atoms with Crippen LogP contribution in [0.5, 0.6) is 11.5 Å². The first-order valence-electron chi connectivity index (χ1n) is 10.4. The summed E-state index contributed by atoms with van der Waals surface area (Å²) in [6, 6.07) is 5.78. The van der Waals surface area contributed by atoms with Crippen molar-refractivity contribution in [3.63, 3.8) is 0 Å². The topological polar surface area (TPSA) is 76.8 Å². The van der Waals surface area contributed by atoms with Crippen molar-refractivity contribution < 1.29 is 14.6 Å². The lowest BCUT2D eigenvalue weighted by Crippen LogP contribution is -2.47. The maximum Gasteiger partial charge on any atom is 0.262 e. The van der Waals surface area contributed by atoms with Gasteiger partial charge in [-0.05, 0) is 44.4 Å². The molecule has 1 fully saturated rings. The highest BCUT2D eigenvalue weighted by atomic mass is 32.1. The zero-order valence-corrected chi connectivity index (χ0v) is 19.3. The Balaban J connectivity index is 1.48. The van der Waals surface area contributed by atoms with E-state index in [2.05, 4.69) is 9.88 Å². The molecule has 0 atom stereocenters. The fourth-order valence-electron chi connectivity index (χ4n) is 4.29. The molecule has 0 radical (unpaired) electrons. The molecule has 1 aromatic carbocycles. The third-order valence-electron chi connectivity index (χ3n) is 6.32. The molecule has 1 N–H and O–H groups in total. The van der Waals surface area contributed by atoms with Gasteiger partial charge in [-0.3, -0.25) is 14.3 Å². The number of hydrogen-bond donors (Lipinski definition) is 1. The lowest BCUT2D eigenvalue weighted by Gasteiger charge is -2.38. The minimum Gasteiger partial charge on any atom is -0.496 e. The van der Waals surface area contributed by atoms with Crippen LogP contribution in [0.3, 0.4) is 0 Å². The molecule has 1 saturated heterocycles. The highest BCUT2D eigenvalue weighted by Gasteiger charge is 2.34. The van der Waals surface area contributed by atoms with Crippen LogP contribution >= 0.6 is 11.3 Å². The van der Waals surface area contributed by atoms with E-state index < -0.39 is 5.60 Å². The fraction of sp³-hybridized carbons (Fsp3) is 0.478. The number of benzene rings is 1. The molecule has 0 saturated carbocycles. The Labute approximate surface area is 185 Å². The molecule has 4 rings (SSSR count). The van der Waals surface area contributed by atoms with Gasteiger partial charge in [0.1, 0.15) is 16.3 Å². The second kappa shape index (κ2) is 8.61. The van der Waals surface area contributed by atoms with Crippen molar-refractivity contribution in [1.82, 2.24) is 14.5 Å². The molecule has 3 aromatic rings. The largest absolute Gasteiger partial charge is 0.496 e. The van der Waals surface area contributed by atoms with Gasteiger partial charge in [-0.2, -0.15) is 0 Å². The maximum atomic E-state index is 13.0. The predicted molar refractivity (Wildman–Crippen MR) is 122 cm³/mol. The van der Waals surface area contributed by atoms with Crippen molar-refractivity contribution in [2.45, 2.75) is 45.4 Å². The van der Waals surface area contributed by atoms with Gasteiger partial charge in [0.05, 0.1) is 43.6 Å². The number of thiophene rings is 1. The summed E-state index contributed by atoms with van der Waals surface area (Å²) in [4.78, 5) is 21.6. The van der Waals surface area contributed by atoms with Crippen molar-refractivity contribution >= 4 is 21.6 Å². The number of methoxy groups -OCH3 is 2. The number of fused-ring (bicyclic) bond motifs is 1. The summed E-state index contributed by atoms with van der Waals surface area (Å²) in [7, 11) is 3.32. The van der Waals surface area contributed by atoms with Crippen LogP contribution in [-0.4, -0.2) is 52.5 Å². The lowest BCUT2D eigenvalue weighted by atomic mass is 9.91. The van der Waals surface area contributed by atoms with E-state index in [4.69, 9.17) is 9.47 Å². The normalized spacial score (nSPS) is 16.5. The Morgan fingerprint density at radius 1 is 1.16 bits per heavy atom. The van der Waals surface area contributed by atoms with Crippen molar-refractivity contribution in [3.8, 4) is 11.5 Å². The Hall–Kier alpha value is -2.42. The summed E-state index contributed by atoms with van der Waals surface area (Å²) >= 11 is 1.54. The predicted octanol–water partition coefficient (Wildman–Crippen LogP) is 3.12. The van der Waals surface area contributed by atoms with Crippen LogP contribution in [0.15, 0.2) is 29.3 Å². The molecule has 0 spiro atoms. The van der Waals surface area contributed by atoms with Gasteiger partial charge in [-0.25, -0.2) is 4.98 Å². The van der Waals surface area contributed by atoms with Gasteiger partial charge in [0, 0.05) is 24.5 Å². The summed E-state index contributed by atoms with van der Waals surface area (Å²) in [5.41, 5.74) is 0.993. The van der Waals surface area contributed by atoms with Gasteiger partial charge in [0.15, 0.2) is 0 Å². The molecular formula is C23H29N3O4S. The number of rotatable bonds is 6. The van der Waals surface area contributed by atoms with E-state index in [-0.39, 0.29) is 12.1 Å². The van der Waals surface area contributed by atoms with Gasteiger partial charge < -0.3 is 14.6 Å². The number of hydrogen-bond acceptors (Lipinski definition) is 7. The summed E-state index contributed by atoms with van der Waals surface area (Å²) in [5, 5.41) is 11.9. The van der Waals surface area contributed by atoms with Gasteiger partial charge in [-0.15, -0.1) is 11.3 Å². The lowest BCUT2D eigenvalue weighted by molar-refractivity contribution is -0.0366. The average molecular weight is 444 g/mol. The molecular weight excluding hydrogens is 414 g/mol. The molecule has 0 unspecified atom stereocenters. The van der Waals surface area contributed by atoms with Crippen molar-refractivity contribution in [3.05, 3.63) is 50.9 Å². The van der Waals surface area contributed by atoms with Crippen molar-refractivity contribution in [2.75, 3.05) is 27.3 Å². The SMILES string of the molecule is COc1cccc(OC)c1CN1CCC(O)(Cn2cnc3sc(C)c(C)c3c2=O)CC1. The summed E-state index contributed by atoms with van der Waals surface area (Å²) in [6.45, 7) is 6.35. The van der Waals surface area contributed by atoms with E-state index in [0.717, 1.165) is 45.4 Å².